The van der Waals surface area contributed by atoms with Crippen LogP contribution in [0.1, 0.15) is 18.5 Å². The topological polar surface area (TPSA) is 63.2 Å². The molecule has 1 atom stereocenters. The SMILES string of the molecule is CC(NC(=O)CS(=O)(=O)c1ccccc1)c1ccc(Cl)c(Cl)c1. The lowest BCUT2D eigenvalue weighted by Gasteiger charge is -2.15. The summed E-state index contributed by atoms with van der Waals surface area (Å²) in [7, 11) is -3.66. The van der Waals surface area contributed by atoms with Crippen LogP contribution in [-0.4, -0.2) is 20.1 Å². The van der Waals surface area contributed by atoms with E-state index in [2.05, 4.69) is 5.32 Å². The lowest BCUT2D eigenvalue weighted by atomic mass is 10.1. The van der Waals surface area contributed by atoms with Gasteiger partial charge in [-0.3, -0.25) is 4.79 Å². The number of sulfone groups is 1. The van der Waals surface area contributed by atoms with E-state index in [1.165, 1.54) is 12.1 Å². The third-order valence-electron chi connectivity index (χ3n) is 3.24. The number of amides is 1. The molecule has 0 aliphatic rings. The second-order valence-electron chi connectivity index (χ2n) is 5.03. The maximum absolute atomic E-state index is 12.2. The molecule has 7 heteroatoms. The van der Waals surface area contributed by atoms with Gasteiger partial charge in [0.15, 0.2) is 9.84 Å². The van der Waals surface area contributed by atoms with Crippen LogP contribution in [0.15, 0.2) is 53.4 Å². The molecule has 0 saturated heterocycles. The second kappa shape index (κ2) is 7.34. The smallest absolute Gasteiger partial charge is 0.236 e. The summed E-state index contributed by atoms with van der Waals surface area (Å²) in [6, 6.07) is 12.5. The molecule has 122 valence electrons. The van der Waals surface area contributed by atoms with E-state index < -0.39 is 21.5 Å². The Hall–Kier alpha value is -1.56. The number of hydrogen-bond acceptors (Lipinski definition) is 3. The Labute approximate surface area is 145 Å². The van der Waals surface area contributed by atoms with Crippen molar-refractivity contribution in [1.29, 1.82) is 0 Å². The van der Waals surface area contributed by atoms with Crippen LogP contribution in [0.4, 0.5) is 0 Å². The molecule has 1 amide bonds. The highest BCUT2D eigenvalue weighted by Gasteiger charge is 2.20. The number of halogens is 2. The molecule has 0 aliphatic carbocycles. The highest BCUT2D eigenvalue weighted by molar-refractivity contribution is 7.92. The highest BCUT2D eigenvalue weighted by Crippen LogP contribution is 2.25. The molecule has 0 radical (unpaired) electrons. The predicted molar refractivity (Wildman–Crippen MR) is 91.5 cm³/mol. The largest absolute Gasteiger partial charge is 0.349 e. The van der Waals surface area contributed by atoms with Gasteiger partial charge in [-0.25, -0.2) is 8.42 Å². The van der Waals surface area contributed by atoms with Crippen LogP contribution in [0.3, 0.4) is 0 Å². The lowest BCUT2D eigenvalue weighted by molar-refractivity contribution is -0.119. The first-order valence-corrected chi connectivity index (χ1v) is 9.22. The summed E-state index contributed by atoms with van der Waals surface area (Å²) >= 11 is 11.8. The van der Waals surface area contributed by atoms with Crippen LogP contribution in [0, 0.1) is 0 Å². The summed E-state index contributed by atoms with van der Waals surface area (Å²) in [5.74, 6) is -1.18. The normalized spacial score (nSPS) is 12.7. The number of rotatable bonds is 5. The van der Waals surface area contributed by atoms with Gasteiger partial charge in [0, 0.05) is 0 Å². The van der Waals surface area contributed by atoms with Gasteiger partial charge in [-0.15, -0.1) is 0 Å². The molecule has 0 aromatic heterocycles. The molecule has 1 N–H and O–H groups in total. The van der Waals surface area contributed by atoms with E-state index in [-0.39, 0.29) is 10.9 Å². The number of benzene rings is 2. The molecular weight excluding hydrogens is 357 g/mol. The lowest BCUT2D eigenvalue weighted by Crippen LogP contribution is -2.32. The Kier molecular flexibility index (Phi) is 5.68. The molecule has 2 aromatic carbocycles. The average molecular weight is 372 g/mol. The zero-order valence-corrected chi connectivity index (χ0v) is 14.6. The van der Waals surface area contributed by atoms with Crippen LogP contribution in [0.5, 0.6) is 0 Å². The van der Waals surface area contributed by atoms with E-state index in [0.717, 1.165) is 5.56 Å². The Morgan fingerprint density at radius 3 is 2.35 bits per heavy atom. The van der Waals surface area contributed by atoms with Crippen LogP contribution in [0.25, 0.3) is 0 Å². The average Bonchev–Trinajstić information content (AvgIpc) is 2.50. The molecule has 0 heterocycles. The Morgan fingerprint density at radius 2 is 1.74 bits per heavy atom. The van der Waals surface area contributed by atoms with Gasteiger partial charge >= 0.3 is 0 Å². The quantitative estimate of drug-likeness (QED) is 0.872. The fourth-order valence-electron chi connectivity index (χ4n) is 2.03. The van der Waals surface area contributed by atoms with E-state index in [1.54, 1.807) is 43.3 Å². The van der Waals surface area contributed by atoms with E-state index in [9.17, 15) is 13.2 Å². The first-order chi connectivity index (χ1) is 10.8. The molecule has 4 nitrogen and oxygen atoms in total. The Morgan fingerprint density at radius 1 is 1.09 bits per heavy atom. The van der Waals surface area contributed by atoms with Gasteiger partial charge in [0.25, 0.3) is 0 Å². The maximum Gasteiger partial charge on any atom is 0.236 e. The first-order valence-electron chi connectivity index (χ1n) is 6.82. The minimum atomic E-state index is -3.66. The summed E-state index contributed by atoms with van der Waals surface area (Å²) < 4.78 is 24.3. The number of nitrogens with one attached hydrogen (secondary N) is 1. The van der Waals surface area contributed by atoms with Gasteiger partial charge in [0.05, 0.1) is 21.0 Å². The van der Waals surface area contributed by atoms with Crippen LogP contribution in [-0.2, 0) is 14.6 Å². The molecule has 2 aromatic rings. The van der Waals surface area contributed by atoms with Crippen molar-refractivity contribution in [2.45, 2.75) is 17.9 Å². The summed E-state index contributed by atoms with van der Waals surface area (Å²) in [5.41, 5.74) is 0.741. The number of carbonyl (C=O) groups excluding carboxylic acids is 1. The molecule has 0 bridgehead atoms. The maximum atomic E-state index is 12.2. The third kappa shape index (κ3) is 4.70. The standard InChI is InChI=1S/C16H15Cl2NO3S/c1-11(12-7-8-14(17)15(18)9-12)19-16(20)10-23(21,22)13-5-3-2-4-6-13/h2-9,11H,10H2,1H3,(H,19,20). The monoisotopic (exact) mass is 371 g/mol. The van der Waals surface area contributed by atoms with Crippen LogP contribution >= 0.6 is 23.2 Å². The van der Waals surface area contributed by atoms with Crippen molar-refractivity contribution >= 4 is 38.9 Å². The summed E-state index contributed by atoms with van der Waals surface area (Å²) in [5, 5.41) is 3.44. The minimum Gasteiger partial charge on any atom is -0.349 e. The van der Waals surface area contributed by atoms with Gasteiger partial charge in [-0.05, 0) is 36.8 Å². The van der Waals surface area contributed by atoms with Crippen molar-refractivity contribution in [2.75, 3.05) is 5.75 Å². The van der Waals surface area contributed by atoms with Crippen LogP contribution < -0.4 is 5.32 Å². The zero-order valence-electron chi connectivity index (χ0n) is 12.3. The van der Waals surface area contributed by atoms with Crippen molar-refractivity contribution in [1.82, 2.24) is 5.32 Å². The van der Waals surface area contributed by atoms with Crippen molar-refractivity contribution in [3.63, 3.8) is 0 Å². The molecule has 1 unspecified atom stereocenters. The first kappa shape index (κ1) is 17.8. The van der Waals surface area contributed by atoms with Crippen LogP contribution in [0.2, 0.25) is 10.0 Å². The third-order valence-corrected chi connectivity index (χ3v) is 5.62. The fourth-order valence-corrected chi connectivity index (χ4v) is 3.51. The minimum absolute atomic E-state index is 0.123. The zero-order chi connectivity index (χ0) is 17.0. The molecule has 0 fully saturated rings. The second-order valence-corrected chi connectivity index (χ2v) is 7.84. The van der Waals surface area contributed by atoms with Crippen molar-refractivity contribution in [2.24, 2.45) is 0 Å². The molecular formula is C16H15Cl2NO3S. The van der Waals surface area contributed by atoms with E-state index in [0.29, 0.717) is 10.0 Å². The fraction of sp³-hybridized carbons (Fsp3) is 0.188. The van der Waals surface area contributed by atoms with Gasteiger partial charge in [0.2, 0.25) is 5.91 Å². The van der Waals surface area contributed by atoms with Crippen molar-refractivity contribution < 1.29 is 13.2 Å². The number of hydrogen-bond donors (Lipinski definition) is 1. The highest BCUT2D eigenvalue weighted by atomic mass is 35.5. The molecule has 23 heavy (non-hydrogen) atoms. The molecule has 0 spiro atoms. The molecule has 0 aliphatic heterocycles. The van der Waals surface area contributed by atoms with E-state index in [4.69, 9.17) is 23.2 Å². The summed E-state index contributed by atoms with van der Waals surface area (Å²) in [6.07, 6.45) is 0. The van der Waals surface area contributed by atoms with Gasteiger partial charge in [0.1, 0.15) is 5.75 Å². The van der Waals surface area contributed by atoms with Gasteiger partial charge in [-0.2, -0.15) is 0 Å². The number of carbonyl (C=O) groups is 1. The Balaban J connectivity index is 2.05. The van der Waals surface area contributed by atoms with Crippen molar-refractivity contribution in [3.8, 4) is 0 Å². The van der Waals surface area contributed by atoms with Gasteiger partial charge in [-0.1, -0.05) is 47.5 Å². The van der Waals surface area contributed by atoms with Crippen molar-refractivity contribution in [3.05, 3.63) is 64.1 Å². The summed E-state index contributed by atoms with van der Waals surface area (Å²) in [6.45, 7) is 1.74. The molecule has 2 rings (SSSR count). The predicted octanol–water partition coefficient (Wildman–Crippen LogP) is 3.64. The summed E-state index contributed by atoms with van der Waals surface area (Å²) in [4.78, 5) is 12.1. The van der Waals surface area contributed by atoms with E-state index >= 15 is 0 Å². The Bertz CT molecular complexity index is 807. The molecule has 0 saturated carbocycles. The van der Waals surface area contributed by atoms with Gasteiger partial charge < -0.3 is 5.32 Å². The van der Waals surface area contributed by atoms with E-state index in [1.807, 2.05) is 0 Å².